The molecule has 0 aliphatic rings. The quantitative estimate of drug-likeness (QED) is 0.597. The van der Waals surface area contributed by atoms with E-state index in [1.807, 2.05) is 0 Å². The van der Waals surface area contributed by atoms with Crippen molar-refractivity contribution in [2.24, 2.45) is 0 Å². The van der Waals surface area contributed by atoms with Crippen molar-refractivity contribution in [3.63, 3.8) is 0 Å². The van der Waals surface area contributed by atoms with Crippen molar-refractivity contribution in [2.45, 2.75) is 65.3 Å². The van der Waals surface area contributed by atoms with E-state index in [4.69, 9.17) is 0 Å². The van der Waals surface area contributed by atoms with Gasteiger partial charge in [-0.05, 0) is 35.7 Å². The Kier molecular flexibility index (Phi) is 8.58. The first kappa shape index (κ1) is 17.2. The first-order chi connectivity index (χ1) is 9.69. The Morgan fingerprint density at radius 2 is 1.85 bits per heavy atom. The maximum absolute atomic E-state index is 4.32. The van der Waals surface area contributed by atoms with E-state index in [0.717, 1.165) is 29.1 Å². The highest BCUT2D eigenvalue weighted by Gasteiger charge is 2.10. The van der Waals surface area contributed by atoms with E-state index in [1.165, 1.54) is 32.1 Å². The fraction of sp³-hybridized carbons (Fsp3) is 0.733. The molecule has 2 N–H and O–H groups in total. The molecule has 0 saturated heterocycles. The second-order valence-corrected chi connectivity index (χ2v) is 6.00. The molecule has 1 heterocycles. The molecule has 1 rings (SSSR count). The first-order valence-corrected chi connectivity index (χ1v) is 8.49. The van der Waals surface area contributed by atoms with Gasteiger partial charge in [-0.3, -0.25) is 0 Å². The zero-order valence-corrected chi connectivity index (χ0v) is 14.5. The third-order valence-electron chi connectivity index (χ3n) is 3.21. The average Bonchev–Trinajstić information content (AvgIpc) is 2.44. The van der Waals surface area contributed by atoms with Crippen LogP contribution >= 0.6 is 15.9 Å². The van der Waals surface area contributed by atoms with Gasteiger partial charge in [-0.2, -0.15) is 0 Å². The van der Waals surface area contributed by atoms with Crippen LogP contribution in [-0.4, -0.2) is 22.6 Å². The molecule has 0 amide bonds. The van der Waals surface area contributed by atoms with Crippen molar-refractivity contribution in [1.29, 1.82) is 0 Å². The minimum atomic E-state index is 0.428. The molecule has 1 atom stereocenters. The van der Waals surface area contributed by atoms with E-state index in [9.17, 15) is 0 Å². The van der Waals surface area contributed by atoms with Gasteiger partial charge >= 0.3 is 0 Å². The third kappa shape index (κ3) is 6.07. The fourth-order valence-corrected chi connectivity index (χ4v) is 2.48. The molecule has 114 valence electrons. The number of aromatic nitrogens is 2. The van der Waals surface area contributed by atoms with Crippen molar-refractivity contribution < 1.29 is 0 Å². The highest BCUT2D eigenvalue weighted by Crippen LogP contribution is 2.27. The second-order valence-electron chi connectivity index (χ2n) is 5.21. The van der Waals surface area contributed by atoms with Crippen molar-refractivity contribution in [2.75, 3.05) is 17.2 Å². The summed E-state index contributed by atoms with van der Waals surface area (Å²) in [5.74, 6) is 1.74. The summed E-state index contributed by atoms with van der Waals surface area (Å²) >= 11 is 3.58. The lowest BCUT2D eigenvalue weighted by atomic mass is 10.1. The largest absolute Gasteiger partial charge is 0.369 e. The van der Waals surface area contributed by atoms with Crippen molar-refractivity contribution in [3.05, 3.63) is 10.8 Å². The number of hydrogen-bond donors (Lipinski definition) is 2. The second kappa shape index (κ2) is 9.97. The van der Waals surface area contributed by atoms with Crippen LogP contribution in [0.5, 0.6) is 0 Å². The number of nitrogens with one attached hydrogen (secondary N) is 2. The van der Waals surface area contributed by atoms with Crippen LogP contribution in [0.2, 0.25) is 0 Å². The summed E-state index contributed by atoms with van der Waals surface area (Å²) in [7, 11) is 0. The summed E-state index contributed by atoms with van der Waals surface area (Å²) in [5.41, 5.74) is 0. The predicted octanol–water partition coefficient (Wildman–Crippen LogP) is 4.83. The predicted molar refractivity (Wildman–Crippen MR) is 90.4 cm³/mol. The van der Waals surface area contributed by atoms with E-state index in [2.05, 4.69) is 57.3 Å². The number of anilines is 2. The molecule has 5 heteroatoms. The van der Waals surface area contributed by atoms with Crippen LogP contribution in [0.3, 0.4) is 0 Å². The molecule has 0 radical (unpaired) electrons. The minimum absolute atomic E-state index is 0.428. The summed E-state index contributed by atoms with van der Waals surface area (Å²) in [6.45, 7) is 7.51. The Balaban J connectivity index is 2.49. The van der Waals surface area contributed by atoms with Crippen LogP contribution < -0.4 is 10.6 Å². The van der Waals surface area contributed by atoms with Crippen molar-refractivity contribution in [3.8, 4) is 0 Å². The molecule has 0 aromatic carbocycles. The summed E-state index contributed by atoms with van der Waals surface area (Å²) in [6.07, 6.45) is 9.05. The van der Waals surface area contributed by atoms with Gasteiger partial charge in [0, 0.05) is 12.6 Å². The van der Waals surface area contributed by atoms with Gasteiger partial charge in [0.2, 0.25) is 0 Å². The molecule has 0 aliphatic heterocycles. The average molecular weight is 343 g/mol. The lowest BCUT2D eigenvalue weighted by molar-refractivity contribution is 0.592. The summed E-state index contributed by atoms with van der Waals surface area (Å²) in [4.78, 5) is 8.58. The summed E-state index contributed by atoms with van der Waals surface area (Å²) < 4.78 is 0.925. The molecule has 1 unspecified atom stereocenters. The van der Waals surface area contributed by atoms with Crippen LogP contribution in [-0.2, 0) is 0 Å². The normalized spacial score (nSPS) is 12.2. The molecule has 0 bridgehead atoms. The molecule has 0 aliphatic carbocycles. The van der Waals surface area contributed by atoms with Gasteiger partial charge in [0.05, 0.1) is 0 Å². The maximum atomic E-state index is 4.32. The zero-order chi connectivity index (χ0) is 14.8. The van der Waals surface area contributed by atoms with Gasteiger partial charge in [0.15, 0.2) is 0 Å². The van der Waals surface area contributed by atoms with Crippen molar-refractivity contribution >= 4 is 27.6 Å². The highest BCUT2D eigenvalue weighted by atomic mass is 79.9. The lowest BCUT2D eigenvalue weighted by Gasteiger charge is -2.16. The highest BCUT2D eigenvalue weighted by molar-refractivity contribution is 9.10. The zero-order valence-electron chi connectivity index (χ0n) is 12.9. The van der Waals surface area contributed by atoms with E-state index >= 15 is 0 Å². The van der Waals surface area contributed by atoms with Crippen LogP contribution in [0, 0.1) is 0 Å². The van der Waals surface area contributed by atoms with Gasteiger partial charge in [-0.1, -0.05) is 39.5 Å². The number of halogens is 1. The number of hydrogen-bond acceptors (Lipinski definition) is 4. The Morgan fingerprint density at radius 1 is 1.10 bits per heavy atom. The summed E-state index contributed by atoms with van der Waals surface area (Å²) in [6, 6.07) is 0.428. The van der Waals surface area contributed by atoms with E-state index in [-0.39, 0.29) is 0 Å². The van der Waals surface area contributed by atoms with Gasteiger partial charge in [-0.15, -0.1) is 0 Å². The number of rotatable bonds is 10. The molecule has 4 nitrogen and oxygen atoms in total. The van der Waals surface area contributed by atoms with Crippen LogP contribution in [0.1, 0.15) is 59.3 Å². The minimum Gasteiger partial charge on any atom is -0.369 e. The van der Waals surface area contributed by atoms with E-state index in [1.54, 1.807) is 6.33 Å². The molecule has 0 saturated carbocycles. The van der Waals surface area contributed by atoms with Gasteiger partial charge in [-0.25, -0.2) is 9.97 Å². The monoisotopic (exact) mass is 342 g/mol. The van der Waals surface area contributed by atoms with Gasteiger partial charge < -0.3 is 10.6 Å². The summed E-state index contributed by atoms with van der Waals surface area (Å²) in [5, 5.41) is 6.76. The molecule has 20 heavy (non-hydrogen) atoms. The Labute approximate surface area is 131 Å². The Bertz CT molecular complexity index is 384. The smallest absolute Gasteiger partial charge is 0.146 e. The Morgan fingerprint density at radius 3 is 2.55 bits per heavy atom. The van der Waals surface area contributed by atoms with E-state index in [0.29, 0.717) is 6.04 Å². The van der Waals surface area contributed by atoms with E-state index < -0.39 is 0 Å². The molecular weight excluding hydrogens is 316 g/mol. The molecule has 1 aromatic rings. The third-order valence-corrected chi connectivity index (χ3v) is 3.96. The number of unbranched alkanes of at least 4 members (excludes halogenated alkanes) is 3. The van der Waals surface area contributed by atoms with Gasteiger partial charge in [0.25, 0.3) is 0 Å². The lowest BCUT2D eigenvalue weighted by Crippen LogP contribution is -2.17. The first-order valence-electron chi connectivity index (χ1n) is 7.69. The van der Waals surface area contributed by atoms with Crippen LogP contribution in [0.4, 0.5) is 11.6 Å². The molecule has 0 fully saturated rings. The SMILES string of the molecule is CCCCCCC(C)Nc1ncnc(NCCC)c1Br. The van der Waals surface area contributed by atoms with Crippen LogP contribution in [0.15, 0.2) is 10.8 Å². The van der Waals surface area contributed by atoms with Crippen LogP contribution in [0.25, 0.3) is 0 Å². The fourth-order valence-electron chi connectivity index (χ4n) is 2.02. The number of nitrogens with zero attached hydrogens (tertiary/aromatic N) is 2. The maximum Gasteiger partial charge on any atom is 0.146 e. The van der Waals surface area contributed by atoms with Gasteiger partial charge in [0.1, 0.15) is 22.4 Å². The topological polar surface area (TPSA) is 49.8 Å². The van der Waals surface area contributed by atoms with Crippen molar-refractivity contribution in [1.82, 2.24) is 9.97 Å². The molecule has 0 spiro atoms. The molecular formula is C15H27BrN4. The molecule has 1 aromatic heterocycles. The Hall–Kier alpha value is -0.840. The standard InChI is InChI=1S/C15H27BrN4/c1-4-6-7-8-9-12(3)20-15-13(16)14(17-10-5-2)18-11-19-15/h11-12H,4-10H2,1-3H3,(H2,17,18,19,20).